The minimum absolute atomic E-state index is 0.00703. The first-order valence-electron chi connectivity index (χ1n) is 9.34. The van der Waals surface area contributed by atoms with Crippen LogP contribution in [-0.2, 0) is 6.42 Å². The molecule has 138 valence electrons. The maximum atomic E-state index is 12.7. The summed E-state index contributed by atoms with van der Waals surface area (Å²) in [5.41, 5.74) is 4.01. The van der Waals surface area contributed by atoms with Gasteiger partial charge in [0.2, 0.25) is 0 Å². The number of carbonyl (C=O) groups is 1. The second kappa shape index (κ2) is 7.70. The van der Waals surface area contributed by atoms with Gasteiger partial charge in [0, 0.05) is 31.6 Å². The standard InChI is InChI=1S/C21H23N5O/c1-15-23-11-18(10-16-6-3-2-4-7-16)20(25-15)17-8-5-9-26(13-17)21(27)19-12-22-14-24-19/h2-4,6-7,11-12,14,17H,5,8-10,13H2,1H3,(H,22,24). The number of rotatable bonds is 4. The van der Waals surface area contributed by atoms with E-state index in [1.807, 2.05) is 24.1 Å². The fourth-order valence-electron chi connectivity index (χ4n) is 3.75. The van der Waals surface area contributed by atoms with Gasteiger partial charge in [-0.2, -0.15) is 0 Å². The highest BCUT2D eigenvalue weighted by Gasteiger charge is 2.28. The first-order valence-corrected chi connectivity index (χ1v) is 9.34. The Morgan fingerprint density at radius 2 is 2.11 bits per heavy atom. The molecule has 1 amide bonds. The quantitative estimate of drug-likeness (QED) is 0.775. The molecule has 1 fully saturated rings. The van der Waals surface area contributed by atoms with Crippen molar-refractivity contribution in [1.82, 2.24) is 24.8 Å². The highest BCUT2D eigenvalue weighted by Crippen LogP contribution is 2.29. The molecule has 1 aliphatic rings. The highest BCUT2D eigenvalue weighted by molar-refractivity contribution is 5.92. The van der Waals surface area contributed by atoms with E-state index in [1.165, 1.54) is 5.56 Å². The molecule has 3 aromatic rings. The topological polar surface area (TPSA) is 74.8 Å². The van der Waals surface area contributed by atoms with Gasteiger partial charge in [-0.05, 0) is 30.9 Å². The molecule has 1 aromatic carbocycles. The van der Waals surface area contributed by atoms with Crippen molar-refractivity contribution < 1.29 is 4.79 Å². The monoisotopic (exact) mass is 361 g/mol. The fraction of sp³-hybridized carbons (Fsp3) is 0.333. The lowest BCUT2D eigenvalue weighted by atomic mass is 9.90. The summed E-state index contributed by atoms with van der Waals surface area (Å²) in [6.07, 6.45) is 7.88. The van der Waals surface area contributed by atoms with Crippen LogP contribution < -0.4 is 0 Å². The van der Waals surface area contributed by atoms with E-state index in [1.54, 1.807) is 12.5 Å². The molecule has 1 atom stereocenters. The highest BCUT2D eigenvalue weighted by atomic mass is 16.2. The van der Waals surface area contributed by atoms with Crippen LogP contribution in [0.4, 0.5) is 0 Å². The number of aromatic amines is 1. The minimum atomic E-state index is 0.00703. The molecule has 1 unspecified atom stereocenters. The average molecular weight is 361 g/mol. The second-order valence-electron chi connectivity index (χ2n) is 7.05. The van der Waals surface area contributed by atoms with Crippen LogP contribution in [0, 0.1) is 6.92 Å². The first-order chi connectivity index (χ1) is 13.2. The Hall–Kier alpha value is -3.02. The predicted molar refractivity (Wildman–Crippen MR) is 102 cm³/mol. The van der Waals surface area contributed by atoms with Crippen molar-refractivity contribution in [3.8, 4) is 0 Å². The van der Waals surface area contributed by atoms with Crippen molar-refractivity contribution in [2.75, 3.05) is 13.1 Å². The number of piperidine rings is 1. The van der Waals surface area contributed by atoms with E-state index in [0.29, 0.717) is 12.2 Å². The van der Waals surface area contributed by atoms with Crippen LogP contribution in [0.2, 0.25) is 0 Å². The molecule has 0 aliphatic carbocycles. The number of benzene rings is 1. The zero-order chi connectivity index (χ0) is 18.6. The van der Waals surface area contributed by atoms with Gasteiger partial charge in [-0.15, -0.1) is 0 Å². The van der Waals surface area contributed by atoms with Crippen LogP contribution in [-0.4, -0.2) is 43.8 Å². The molecule has 0 saturated carbocycles. The third-order valence-corrected chi connectivity index (χ3v) is 5.08. The van der Waals surface area contributed by atoms with Crippen molar-refractivity contribution in [3.63, 3.8) is 0 Å². The van der Waals surface area contributed by atoms with E-state index < -0.39 is 0 Å². The van der Waals surface area contributed by atoms with E-state index in [0.717, 1.165) is 42.9 Å². The smallest absolute Gasteiger partial charge is 0.271 e. The van der Waals surface area contributed by atoms with Gasteiger partial charge < -0.3 is 9.88 Å². The maximum Gasteiger partial charge on any atom is 0.271 e. The van der Waals surface area contributed by atoms with Gasteiger partial charge >= 0.3 is 0 Å². The summed E-state index contributed by atoms with van der Waals surface area (Å²) in [5, 5.41) is 0. The van der Waals surface area contributed by atoms with Gasteiger partial charge in [-0.3, -0.25) is 4.79 Å². The lowest BCUT2D eigenvalue weighted by molar-refractivity contribution is 0.0700. The number of aromatic nitrogens is 4. The van der Waals surface area contributed by atoms with Gasteiger partial charge in [0.1, 0.15) is 11.5 Å². The third-order valence-electron chi connectivity index (χ3n) is 5.08. The molecule has 1 N–H and O–H groups in total. The zero-order valence-electron chi connectivity index (χ0n) is 15.4. The summed E-state index contributed by atoms with van der Waals surface area (Å²) < 4.78 is 0. The Bertz CT molecular complexity index is 908. The van der Waals surface area contributed by atoms with E-state index in [4.69, 9.17) is 4.98 Å². The Balaban J connectivity index is 1.58. The number of hydrogen-bond donors (Lipinski definition) is 1. The van der Waals surface area contributed by atoms with Gasteiger partial charge in [-0.25, -0.2) is 15.0 Å². The molecule has 27 heavy (non-hydrogen) atoms. The molecule has 1 saturated heterocycles. The Morgan fingerprint density at radius 1 is 1.26 bits per heavy atom. The normalized spacial score (nSPS) is 17.1. The minimum Gasteiger partial charge on any atom is -0.341 e. The summed E-state index contributed by atoms with van der Waals surface area (Å²) in [6, 6.07) is 10.4. The molecule has 3 heterocycles. The molecular formula is C21H23N5O. The molecule has 6 nitrogen and oxygen atoms in total. The fourth-order valence-corrected chi connectivity index (χ4v) is 3.75. The molecule has 1 aliphatic heterocycles. The average Bonchev–Trinajstić information content (AvgIpc) is 3.24. The second-order valence-corrected chi connectivity index (χ2v) is 7.05. The van der Waals surface area contributed by atoms with E-state index in [-0.39, 0.29) is 11.8 Å². The van der Waals surface area contributed by atoms with E-state index in [9.17, 15) is 4.79 Å². The lowest BCUT2D eigenvalue weighted by Gasteiger charge is -2.33. The van der Waals surface area contributed by atoms with E-state index >= 15 is 0 Å². The van der Waals surface area contributed by atoms with Gasteiger partial charge in [0.25, 0.3) is 5.91 Å². The predicted octanol–water partition coefficient (Wildman–Crippen LogP) is 3.12. The number of imidazole rings is 1. The number of amides is 1. The molecule has 4 rings (SSSR count). The number of hydrogen-bond acceptors (Lipinski definition) is 4. The maximum absolute atomic E-state index is 12.7. The molecule has 6 heteroatoms. The zero-order valence-corrected chi connectivity index (χ0v) is 15.4. The van der Waals surface area contributed by atoms with Crippen LogP contribution in [0.1, 0.15) is 51.9 Å². The number of H-pyrrole nitrogens is 1. The number of nitrogens with one attached hydrogen (secondary N) is 1. The SMILES string of the molecule is Cc1ncc(Cc2ccccc2)c(C2CCCN(C(=O)c3cnc[nH]3)C2)n1. The number of nitrogens with zero attached hydrogens (tertiary/aromatic N) is 4. The van der Waals surface area contributed by atoms with Crippen molar-refractivity contribution in [2.24, 2.45) is 0 Å². The summed E-state index contributed by atoms with van der Waals surface area (Å²) in [5.74, 6) is 1.01. The molecule has 2 aromatic heterocycles. The molecular weight excluding hydrogens is 338 g/mol. The lowest BCUT2D eigenvalue weighted by Crippen LogP contribution is -2.39. The van der Waals surface area contributed by atoms with Crippen molar-refractivity contribution in [2.45, 2.75) is 32.1 Å². The van der Waals surface area contributed by atoms with Crippen LogP contribution in [0.15, 0.2) is 49.1 Å². The third kappa shape index (κ3) is 3.89. The molecule has 0 bridgehead atoms. The summed E-state index contributed by atoms with van der Waals surface area (Å²) in [7, 11) is 0. The number of carbonyl (C=O) groups excluding carboxylic acids is 1. The van der Waals surface area contributed by atoms with Crippen LogP contribution >= 0.6 is 0 Å². The number of aryl methyl sites for hydroxylation is 1. The summed E-state index contributed by atoms with van der Waals surface area (Å²) in [6.45, 7) is 3.37. The van der Waals surface area contributed by atoms with Crippen LogP contribution in [0.5, 0.6) is 0 Å². The van der Waals surface area contributed by atoms with Crippen molar-refractivity contribution >= 4 is 5.91 Å². The molecule has 0 radical (unpaired) electrons. The van der Waals surface area contributed by atoms with Crippen molar-refractivity contribution in [3.05, 3.63) is 77.4 Å². The summed E-state index contributed by atoms with van der Waals surface area (Å²) >= 11 is 0. The van der Waals surface area contributed by atoms with Crippen LogP contribution in [0.25, 0.3) is 0 Å². The Morgan fingerprint density at radius 3 is 2.89 bits per heavy atom. The summed E-state index contributed by atoms with van der Waals surface area (Å²) in [4.78, 5) is 30.7. The first kappa shape index (κ1) is 17.4. The van der Waals surface area contributed by atoms with E-state index in [2.05, 4.69) is 39.2 Å². The Labute approximate surface area is 158 Å². The van der Waals surface area contributed by atoms with Gasteiger partial charge in [0.15, 0.2) is 0 Å². The number of likely N-dealkylation sites (tertiary alicyclic amines) is 1. The largest absolute Gasteiger partial charge is 0.341 e. The van der Waals surface area contributed by atoms with Crippen molar-refractivity contribution in [1.29, 1.82) is 0 Å². The van der Waals surface area contributed by atoms with Crippen LogP contribution in [0.3, 0.4) is 0 Å². The Kier molecular flexibility index (Phi) is 4.96. The van der Waals surface area contributed by atoms with Gasteiger partial charge in [0.05, 0.1) is 18.2 Å². The molecule has 0 spiro atoms. The van der Waals surface area contributed by atoms with Gasteiger partial charge in [-0.1, -0.05) is 30.3 Å².